The fourth-order valence-corrected chi connectivity index (χ4v) is 2.17. The van der Waals surface area contributed by atoms with Crippen molar-refractivity contribution in [3.8, 4) is 0 Å². The maximum absolute atomic E-state index is 4.24. The van der Waals surface area contributed by atoms with E-state index in [1.165, 1.54) is 17.7 Å². The molecule has 2 nitrogen and oxygen atoms in total. The minimum Gasteiger partial charge on any atom is -0.373 e. The first-order valence-corrected chi connectivity index (χ1v) is 6.61. The summed E-state index contributed by atoms with van der Waals surface area (Å²) in [5, 5.41) is 0. The highest BCUT2D eigenvalue weighted by atomic mass is 15.2. The van der Waals surface area contributed by atoms with Gasteiger partial charge in [-0.05, 0) is 40.7 Å². The van der Waals surface area contributed by atoms with Crippen molar-refractivity contribution >= 4 is 0 Å². The second kappa shape index (κ2) is 7.54. The molecular weight excluding hydrogens is 208 g/mol. The van der Waals surface area contributed by atoms with Gasteiger partial charge in [-0.25, -0.2) is 0 Å². The minimum absolute atomic E-state index is 0.388. The van der Waals surface area contributed by atoms with Gasteiger partial charge < -0.3 is 4.90 Å². The van der Waals surface area contributed by atoms with E-state index in [2.05, 4.69) is 64.6 Å². The van der Waals surface area contributed by atoms with Crippen molar-refractivity contribution in [1.29, 1.82) is 0 Å². The molecule has 2 heteroatoms. The molecule has 0 bridgehead atoms. The minimum atomic E-state index is 0.388. The van der Waals surface area contributed by atoms with Crippen LogP contribution >= 0.6 is 0 Å². The zero-order chi connectivity index (χ0) is 13.6. The molecule has 0 aliphatic carbocycles. The maximum atomic E-state index is 4.24. The van der Waals surface area contributed by atoms with Gasteiger partial charge in [-0.1, -0.05) is 25.7 Å². The van der Waals surface area contributed by atoms with Gasteiger partial charge in [0.1, 0.15) is 0 Å². The Morgan fingerprint density at radius 2 is 1.71 bits per heavy atom. The lowest BCUT2D eigenvalue weighted by molar-refractivity contribution is 0.164. The molecule has 0 fully saturated rings. The molecule has 0 aromatic carbocycles. The van der Waals surface area contributed by atoms with Crippen LogP contribution in [-0.2, 0) is 0 Å². The molecule has 0 rings (SSSR count). The zero-order valence-corrected chi connectivity index (χ0v) is 12.6. The van der Waals surface area contributed by atoms with Gasteiger partial charge in [0.2, 0.25) is 0 Å². The standard InChI is InChI=1S/C15H30N2/c1-9-10-17(13(4)5)15(7)14(6)16(8)11-12(2)3/h13,15H,2,6,9-11H2,1,3-5,7-8H3. The smallest absolute Gasteiger partial charge is 0.0465 e. The van der Waals surface area contributed by atoms with Gasteiger partial charge in [0, 0.05) is 31.4 Å². The molecule has 0 radical (unpaired) electrons. The van der Waals surface area contributed by atoms with Crippen molar-refractivity contribution < 1.29 is 0 Å². The van der Waals surface area contributed by atoms with Gasteiger partial charge in [0.15, 0.2) is 0 Å². The summed E-state index contributed by atoms with van der Waals surface area (Å²) >= 11 is 0. The summed E-state index contributed by atoms with van der Waals surface area (Å²) in [6.07, 6.45) is 1.18. The molecule has 0 saturated heterocycles. The molecule has 0 aromatic heterocycles. The molecular formula is C15H30N2. The van der Waals surface area contributed by atoms with E-state index in [4.69, 9.17) is 0 Å². The van der Waals surface area contributed by atoms with Crippen LogP contribution in [-0.4, -0.2) is 42.0 Å². The summed E-state index contributed by atoms with van der Waals surface area (Å²) in [6.45, 7) is 21.2. The molecule has 1 unspecified atom stereocenters. The fourth-order valence-electron chi connectivity index (χ4n) is 2.17. The first kappa shape index (κ1) is 16.2. The Balaban J connectivity index is 4.58. The summed E-state index contributed by atoms with van der Waals surface area (Å²) in [5.41, 5.74) is 2.35. The summed E-state index contributed by atoms with van der Waals surface area (Å²) in [4.78, 5) is 4.70. The van der Waals surface area contributed by atoms with Crippen molar-refractivity contribution in [3.63, 3.8) is 0 Å². The molecule has 0 aliphatic heterocycles. The Kier molecular flexibility index (Phi) is 7.21. The quantitative estimate of drug-likeness (QED) is 0.597. The van der Waals surface area contributed by atoms with Crippen molar-refractivity contribution in [2.24, 2.45) is 0 Å². The summed E-state index contributed by atoms with van der Waals surface area (Å²) < 4.78 is 0. The topological polar surface area (TPSA) is 6.48 Å². The summed E-state index contributed by atoms with van der Waals surface area (Å²) in [7, 11) is 2.10. The lowest BCUT2D eigenvalue weighted by Gasteiger charge is -2.37. The Morgan fingerprint density at radius 1 is 1.18 bits per heavy atom. The predicted octanol–water partition coefficient (Wildman–Crippen LogP) is 3.52. The van der Waals surface area contributed by atoms with Crippen molar-refractivity contribution in [1.82, 2.24) is 9.80 Å². The molecule has 17 heavy (non-hydrogen) atoms. The van der Waals surface area contributed by atoms with E-state index in [1.54, 1.807) is 0 Å². The predicted molar refractivity (Wildman–Crippen MR) is 78.2 cm³/mol. The second-order valence-electron chi connectivity index (χ2n) is 5.31. The van der Waals surface area contributed by atoms with Crippen LogP contribution < -0.4 is 0 Å². The molecule has 0 N–H and O–H groups in total. The average Bonchev–Trinajstić information content (AvgIpc) is 2.22. The first-order chi connectivity index (χ1) is 7.81. The van der Waals surface area contributed by atoms with Crippen LogP contribution in [0.5, 0.6) is 0 Å². The third kappa shape index (κ3) is 5.40. The Morgan fingerprint density at radius 3 is 2.06 bits per heavy atom. The number of hydrogen-bond acceptors (Lipinski definition) is 2. The SMILES string of the molecule is C=C(C)CN(C)C(=C)C(C)N(CCC)C(C)C. The van der Waals surface area contributed by atoms with E-state index in [-0.39, 0.29) is 0 Å². The lowest BCUT2D eigenvalue weighted by atomic mass is 10.1. The largest absolute Gasteiger partial charge is 0.373 e. The van der Waals surface area contributed by atoms with E-state index in [0.29, 0.717) is 12.1 Å². The zero-order valence-electron chi connectivity index (χ0n) is 12.6. The molecule has 100 valence electrons. The number of hydrogen-bond donors (Lipinski definition) is 0. The van der Waals surface area contributed by atoms with Gasteiger partial charge in [0.05, 0.1) is 0 Å². The van der Waals surface area contributed by atoms with Gasteiger partial charge >= 0.3 is 0 Å². The highest BCUT2D eigenvalue weighted by molar-refractivity contribution is 5.07. The molecule has 0 heterocycles. The van der Waals surface area contributed by atoms with E-state index in [9.17, 15) is 0 Å². The molecule has 0 amide bonds. The Labute approximate surface area is 108 Å². The second-order valence-corrected chi connectivity index (χ2v) is 5.31. The maximum Gasteiger partial charge on any atom is 0.0465 e. The lowest BCUT2D eigenvalue weighted by Crippen LogP contribution is -2.43. The normalized spacial score (nSPS) is 12.9. The first-order valence-electron chi connectivity index (χ1n) is 6.61. The molecule has 0 saturated carbocycles. The van der Waals surface area contributed by atoms with Crippen molar-refractivity contribution in [3.05, 3.63) is 24.4 Å². The van der Waals surface area contributed by atoms with Crippen LogP contribution in [0.15, 0.2) is 24.4 Å². The van der Waals surface area contributed by atoms with Gasteiger partial charge in [0.25, 0.3) is 0 Å². The van der Waals surface area contributed by atoms with Gasteiger partial charge in [-0.15, -0.1) is 0 Å². The number of rotatable bonds is 8. The molecule has 0 spiro atoms. The number of nitrogens with zero attached hydrogens (tertiary/aromatic N) is 2. The average molecular weight is 238 g/mol. The van der Waals surface area contributed by atoms with Crippen molar-refractivity contribution in [2.45, 2.75) is 53.1 Å². The molecule has 0 aromatic rings. The molecule has 1 atom stereocenters. The van der Waals surface area contributed by atoms with Crippen LogP contribution in [0.1, 0.15) is 41.0 Å². The van der Waals surface area contributed by atoms with Crippen LogP contribution in [0.4, 0.5) is 0 Å². The monoisotopic (exact) mass is 238 g/mol. The third-order valence-corrected chi connectivity index (χ3v) is 3.12. The number of likely N-dealkylation sites (N-methyl/N-ethyl adjacent to an activating group) is 1. The van der Waals surface area contributed by atoms with E-state index in [0.717, 1.165) is 13.1 Å². The highest BCUT2D eigenvalue weighted by Crippen LogP contribution is 2.16. The van der Waals surface area contributed by atoms with Gasteiger partial charge in [-0.3, -0.25) is 4.90 Å². The van der Waals surface area contributed by atoms with E-state index in [1.807, 2.05) is 0 Å². The van der Waals surface area contributed by atoms with Crippen LogP contribution in [0.2, 0.25) is 0 Å². The van der Waals surface area contributed by atoms with Gasteiger partial charge in [-0.2, -0.15) is 0 Å². The van der Waals surface area contributed by atoms with Crippen LogP contribution in [0.25, 0.3) is 0 Å². The van der Waals surface area contributed by atoms with Crippen molar-refractivity contribution in [2.75, 3.05) is 20.1 Å². The van der Waals surface area contributed by atoms with Crippen LogP contribution in [0.3, 0.4) is 0 Å². The third-order valence-electron chi connectivity index (χ3n) is 3.12. The van der Waals surface area contributed by atoms with E-state index >= 15 is 0 Å². The van der Waals surface area contributed by atoms with E-state index < -0.39 is 0 Å². The van der Waals surface area contributed by atoms with Crippen LogP contribution in [0, 0.1) is 0 Å². The Hall–Kier alpha value is -0.760. The summed E-state index contributed by atoms with van der Waals surface area (Å²) in [5.74, 6) is 0. The fraction of sp³-hybridized carbons (Fsp3) is 0.733. The summed E-state index contributed by atoms with van der Waals surface area (Å²) in [6, 6.07) is 0.944. The highest BCUT2D eigenvalue weighted by Gasteiger charge is 2.20. The Bertz CT molecular complexity index is 256. The molecule has 0 aliphatic rings.